The van der Waals surface area contributed by atoms with Crippen molar-refractivity contribution < 1.29 is 9.59 Å². The fraction of sp³-hybridized carbons (Fsp3) is 0.300. The molecule has 0 aliphatic heterocycles. The van der Waals surface area contributed by atoms with Gasteiger partial charge in [0.2, 0.25) is 5.91 Å². The monoisotopic (exact) mass is 365 g/mol. The van der Waals surface area contributed by atoms with E-state index in [9.17, 15) is 9.59 Å². The van der Waals surface area contributed by atoms with Gasteiger partial charge in [-0.05, 0) is 48.7 Å². The fourth-order valence-corrected chi connectivity index (χ4v) is 3.02. The van der Waals surface area contributed by atoms with E-state index >= 15 is 0 Å². The third-order valence-electron chi connectivity index (χ3n) is 4.41. The van der Waals surface area contributed by atoms with Gasteiger partial charge in [0, 0.05) is 31.6 Å². The molecular formula is C20H23N5O2. The van der Waals surface area contributed by atoms with E-state index in [2.05, 4.69) is 10.1 Å². The first-order valence-corrected chi connectivity index (χ1v) is 8.89. The van der Waals surface area contributed by atoms with Gasteiger partial charge in [0.1, 0.15) is 0 Å². The number of carbonyl (C=O) groups is 2. The number of hydrogen-bond acceptors (Lipinski definition) is 4. The maximum atomic E-state index is 12.0. The molecule has 27 heavy (non-hydrogen) atoms. The van der Waals surface area contributed by atoms with Crippen LogP contribution in [0.2, 0.25) is 0 Å². The second-order valence-corrected chi connectivity index (χ2v) is 6.67. The quantitative estimate of drug-likeness (QED) is 0.726. The second-order valence-electron chi connectivity index (χ2n) is 6.67. The average molecular weight is 365 g/mol. The lowest BCUT2D eigenvalue weighted by molar-refractivity contribution is -0.130. The molecular weight excluding hydrogens is 342 g/mol. The molecule has 140 valence electrons. The molecule has 2 N–H and O–H groups in total. The molecule has 0 saturated carbocycles. The van der Waals surface area contributed by atoms with E-state index < -0.39 is 5.91 Å². The fourth-order valence-electron chi connectivity index (χ4n) is 3.02. The van der Waals surface area contributed by atoms with Gasteiger partial charge in [-0.25, -0.2) is 9.67 Å². The molecule has 7 nitrogen and oxygen atoms in total. The summed E-state index contributed by atoms with van der Waals surface area (Å²) in [5, 5.41) is 5.04. The molecule has 1 aromatic carbocycles. The summed E-state index contributed by atoms with van der Waals surface area (Å²) in [5.41, 5.74) is 8.43. The molecule has 0 aliphatic carbocycles. The number of fused-ring (bicyclic) bond motifs is 1. The van der Waals surface area contributed by atoms with Crippen LogP contribution in [0, 0.1) is 6.92 Å². The SMILES string of the molecule is CCCC(=O)N(C)Cc1ccc2c(c1)c(C(N)=O)nn2-c1cc(C)ccn1. The number of carbonyl (C=O) groups excluding carboxylic acids is 2. The van der Waals surface area contributed by atoms with Crippen LogP contribution in [0.4, 0.5) is 0 Å². The highest BCUT2D eigenvalue weighted by Gasteiger charge is 2.18. The molecule has 3 rings (SSSR count). The Bertz CT molecular complexity index is 1010. The summed E-state index contributed by atoms with van der Waals surface area (Å²) in [6.45, 7) is 4.40. The summed E-state index contributed by atoms with van der Waals surface area (Å²) in [5.74, 6) is 0.113. The van der Waals surface area contributed by atoms with Crippen molar-refractivity contribution >= 4 is 22.7 Å². The zero-order chi connectivity index (χ0) is 19.6. The summed E-state index contributed by atoms with van der Waals surface area (Å²) in [6, 6.07) is 9.46. The Balaban J connectivity index is 2.04. The van der Waals surface area contributed by atoms with Gasteiger partial charge in [0.25, 0.3) is 5.91 Å². The molecule has 7 heteroatoms. The Morgan fingerprint density at radius 3 is 2.67 bits per heavy atom. The van der Waals surface area contributed by atoms with E-state index in [-0.39, 0.29) is 11.6 Å². The van der Waals surface area contributed by atoms with Crippen molar-refractivity contribution in [2.45, 2.75) is 33.2 Å². The maximum Gasteiger partial charge on any atom is 0.269 e. The van der Waals surface area contributed by atoms with Crippen molar-refractivity contribution in [3.05, 3.63) is 53.3 Å². The summed E-state index contributed by atoms with van der Waals surface area (Å²) in [4.78, 5) is 30.0. The molecule has 3 aromatic rings. The molecule has 0 atom stereocenters. The highest BCUT2D eigenvalue weighted by Crippen LogP contribution is 2.23. The number of rotatable bonds is 6. The molecule has 2 aromatic heterocycles. The van der Waals surface area contributed by atoms with E-state index in [0.29, 0.717) is 24.2 Å². The summed E-state index contributed by atoms with van der Waals surface area (Å²) < 4.78 is 1.62. The van der Waals surface area contributed by atoms with E-state index in [1.807, 2.05) is 44.2 Å². The van der Waals surface area contributed by atoms with E-state index in [0.717, 1.165) is 23.1 Å². The highest BCUT2D eigenvalue weighted by atomic mass is 16.2. The van der Waals surface area contributed by atoms with Crippen molar-refractivity contribution in [3.8, 4) is 5.82 Å². The molecule has 0 fully saturated rings. The molecule has 2 heterocycles. The Morgan fingerprint density at radius 2 is 2.00 bits per heavy atom. The van der Waals surface area contributed by atoms with Gasteiger partial charge < -0.3 is 10.6 Å². The third kappa shape index (κ3) is 3.81. The van der Waals surface area contributed by atoms with Gasteiger partial charge in [0.15, 0.2) is 11.5 Å². The lowest BCUT2D eigenvalue weighted by atomic mass is 10.1. The van der Waals surface area contributed by atoms with Crippen molar-refractivity contribution in [2.75, 3.05) is 7.05 Å². The second kappa shape index (κ2) is 7.57. The smallest absolute Gasteiger partial charge is 0.269 e. The molecule has 0 saturated heterocycles. The summed E-state index contributed by atoms with van der Waals surface area (Å²) in [6.07, 6.45) is 3.03. The maximum absolute atomic E-state index is 12.0. The predicted molar refractivity (Wildman–Crippen MR) is 104 cm³/mol. The minimum absolute atomic E-state index is 0.0902. The zero-order valence-corrected chi connectivity index (χ0v) is 15.8. The lowest BCUT2D eigenvalue weighted by Gasteiger charge is -2.17. The van der Waals surface area contributed by atoms with Crippen LogP contribution >= 0.6 is 0 Å². The molecule has 2 amide bonds. The highest BCUT2D eigenvalue weighted by molar-refractivity contribution is 6.04. The Hall–Kier alpha value is -3.22. The number of aromatic nitrogens is 3. The number of benzene rings is 1. The minimum atomic E-state index is -0.598. The van der Waals surface area contributed by atoms with E-state index in [1.165, 1.54) is 0 Å². The van der Waals surface area contributed by atoms with Gasteiger partial charge in [-0.1, -0.05) is 13.0 Å². The van der Waals surface area contributed by atoms with Crippen molar-refractivity contribution in [3.63, 3.8) is 0 Å². The zero-order valence-electron chi connectivity index (χ0n) is 15.8. The van der Waals surface area contributed by atoms with Crippen LogP contribution in [0.25, 0.3) is 16.7 Å². The summed E-state index contributed by atoms with van der Waals surface area (Å²) >= 11 is 0. The van der Waals surface area contributed by atoms with Crippen LogP contribution in [-0.4, -0.2) is 38.5 Å². The lowest BCUT2D eigenvalue weighted by Crippen LogP contribution is -2.25. The first-order chi connectivity index (χ1) is 12.9. The van der Waals surface area contributed by atoms with Crippen LogP contribution in [0.15, 0.2) is 36.5 Å². The Morgan fingerprint density at radius 1 is 1.22 bits per heavy atom. The molecule has 0 aliphatic rings. The van der Waals surface area contributed by atoms with E-state index in [1.54, 1.807) is 22.8 Å². The normalized spacial score (nSPS) is 10.9. The van der Waals surface area contributed by atoms with E-state index in [4.69, 9.17) is 5.73 Å². The van der Waals surface area contributed by atoms with Crippen molar-refractivity contribution in [1.29, 1.82) is 0 Å². The molecule has 0 bridgehead atoms. The van der Waals surface area contributed by atoms with Gasteiger partial charge >= 0.3 is 0 Å². The number of nitrogens with zero attached hydrogens (tertiary/aromatic N) is 4. The number of primary amides is 1. The Kier molecular flexibility index (Phi) is 5.21. The summed E-state index contributed by atoms with van der Waals surface area (Å²) in [7, 11) is 1.78. The van der Waals surface area contributed by atoms with Crippen molar-refractivity contribution in [2.24, 2.45) is 5.73 Å². The van der Waals surface area contributed by atoms with Gasteiger partial charge in [-0.3, -0.25) is 9.59 Å². The number of pyridine rings is 1. The standard InChI is InChI=1S/C20H23N5O2/c1-4-5-18(26)24(3)12-14-6-7-16-15(11-14)19(20(21)27)23-25(16)17-10-13(2)8-9-22-17/h6-11H,4-5,12H2,1-3H3,(H2,21,27). The molecule has 0 spiro atoms. The van der Waals surface area contributed by atoms with Crippen LogP contribution in [0.5, 0.6) is 0 Å². The van der Waals surface area contributed by atoms with Crippen LogP contribution < -0.4 is 5.73 Å². The number of nitrogens with two attached hydrogens (primary N) is 1. The van der Waals surface area contributed by atoms with Gasteiger partial charge in [0.05, 0.1) is 5.52 Å². The number of aryl methyl sites for hydroxylation is 1. The average Bonchev–Trinajstić information content (AvgIpc) is 3.01. The number of hydrogen-bond donors (Lipinski definition) is 1. The topological polar surface area (TPSA) is 94.1 Å². The van der Waals surface area contributed by atoms with Crippen LogP contribution in [0.1, 0.15) is 41.4 Å². The molecule has 0 radical (unpaired) electrons. The van der Waals surface area contributed by atoms with Crippen LogP contribution in [0.3, 0.4) is 0 Å². The third-order valence-corrected chi connectivity index (χ3v) is 4.41. The minimum Gasteiger partial charge on any atom is -0.364 e. The van der Waals surface area contributed by atoms with Crippen LogP contribution in [-0.2, 0) is 11.3 Å². The predicted octanol–water partition coefficient (Wildman–Crippen LogP) is 2.59. The molecule has 0 unspecified atom stereocenters. The van der Waals surface area contributed by atoms with Gasteiger partial charge in [-0.2, -0.15) is 5.10 Å². The first-order valence-electron chi connectivity index (χ1n) is 8.89. The van der Waals surface area contributed by atoms with Gasteiger partial charge in [-0.15, -0.1) is 0 Å². The van der Waals surface area contributed by atoms with Crippen molar-refractivity contribution in [1.82, 2.24) is 19.7 Å². The number of amides is 2. The Labute approximate surface area is 157 Å². The largest absolute Gasteiger partial charge is 0.364 e. The first kappa shape index (κ1) is 18.6.